The van der Waals surface area contributed by atoms with Gasteiger partial charge in [-0.1, -0.05) is 24.6 Å². The fourth-order valence-corrected chi connectivity index (χ4v) is 4.25. The average molecular weight is 349 g/mol. The third-order valence-electron chi connectivity index (χ3n) is 5.91. The molecule has 4 rings (SSSR count). The Labute approximate surface area is 155 Å². The van der Waals surface area contributed by atoms with Crippen LogP contribution in [0.2, 0.25) is 0 Å². The molecule has 5 heteroatoms. The molecule has 0 saturated carbocycles. The summed E-state index contributed by atoms with van der Waals surface area (Å²) in [6.07, 6.45) is 4.04. The fraction of sp³-hybridized carbons (Fsp3) is 0.524. The predicted octanol–water partition coefficient (Wildman–Crippen LogP) is 2.71. The van der Waals surface area contributed by atoms with Gasteiger partial charge < -0.3 is 9.80 Å². The minimum atomic E-state index is 0.708. The zero-order valence-electron chi connectivity index (χ0n) is 15.6. The first-order chi connectivity index (χ1) is 12.7. The molecule has 136 valence electrons. The van der Waals surface area contributed by atoms with Crippen LogP contribution in [0.1, 0.15) is 24.8 Å². The van der Waals surface area contributed by atoms with Gasteiger partial charge in [-0.3, -0.25) is 4.90 Å². The summed E-state index contributed by atoms with van der Waals surface area (Å²) in [5.74, 6) is 0.940. The lowest BCUT2D eigenvalue weighted by Gasteiger charge is -2.40. The second-order valence-electron chi connectivity index (χ2n) is 7.57. The standard InChI is InChI=1S/C21H27N5/c1-24-9-5-4-6-18(24)16-25-10-12-26(13-11-25)21-14-17(15-22)19-7-2-3-8-20(19)23-21/h2-3,7-8,14,18H,4-6,9-13,16H2,1H3/t18-/m0/s1. The molecular weight excluding hydrogens is 322 g/mol. The summed E-state index contributed by atoms with van der Waals surface area (Å²) in [5.41, 5.74) is 1.63. The van der Waals surface area contributed by atoms with Gasteiger partial charge in [0.05, 0.1) is 17.1 Å². The van der Waals surface area contributed by atoms with Crippen LogP contribution in [0.25, 0.3) is 10.9 Å². The maximum absolute atomic E-state index is 9.50. The fourth-order valence-electron chi connectivity index (χ4n) is 4.25. The molecule has 0 unspecified atom stereocenters. The summed E-state index contributed by atoms with van der Waals surface area (Å²) < 4.78 is 0. The number of rotatable bonds is 3. The van der Waals surface area contributed by atoms with E-state index in [9.17, 15) is 5.26 Å². The van der Waals surface area contributed by atoms with Crippen LogP contribution in [0, 0.1) is 11.3 Å². The third kappa shape index (κ3) is 3.53. The molecule has 0 radical (unpaired) electrons. The van der Waals surface area contributed by atoms with Crippen LogP contribution >= 0.6 is 0 Å². The lowest BCUT2D eigenvalue weighted by atomic mass is 10.0. The number of anilines is 1. The normalized spacial score (nSPS) is 22.5. The Balaban J connectivity index is 1.43. The van der Waals surface area contributed by atoms with Crippen LogP contribution in [0.15, 0.2) is 30.3 Å². The van der Waals surface area contributed by atoms with Crippen molar-refractivity contribution >= 4 is 16.7 Å². The monoisotopic (exact) mass is 349 g/mol. The lowest BCUT2D eigenvalue weighted by Crippen LogP contribution is -2.52. The molecule has 2 aliphatic rings. The molecule has 2 saturated heterocycles. The summed E-state index contributed by atoms with van der Waals surface area (Å²) in [5, 5.41) is 10.4. The Morgan fingerprint density at radius 3 is 2.69 bits per heavy atom. The summed E-state index contributed by atoms with van der Waals surface area (Å²) in [6.45, 7) is 6.52. The van der Waals surface area contributed by atoms with Crippen molar-refractivity contribution in [3.05, 3.63) is 35.9 Å². The van der Waals surface area contributed by atoms with Gasteiger partial charge in [0.25, 0.3) is 0 Å². The highest BCUT2D eigenvalue weighted by molar-refractivity contribution is 5.86. The number of fused-ring (bicyclic) bond motifs is 1. The molecule has 0 bridgehead atoms. The topological polar surface area (TPSA) is 46.4 Å². The Morgan fingerprint density at radius 1 is 1.12 bits per heavy atom. The third-order valence-corrected chi connectivity index (χ3v) is 5.91. The largest absolute Gasteiger partial charge is 0.354 e. The molecule has 2 aliphatic heterocycles. The summed E-state index contributed by atoms with van der Waals surface area (Å²) in [7, 11) is 2.27. The maximum Gasteiger partial charge on any atom is 0.130 e. The Kier molecular flexibility index (Phi) is 5.05. The van der Waals surface area contributed by atoms with Gasteiger partial charge in [0.1, 0.15) is 5.82 Å². The van der Waals surface area contributed by atoms with Crippen molar-refractivity contribution in [3.8, 4) is 6.07 Å². The van der Waals surface area contributed by atoms with Gasteiger partial charge in [-0.25, -0.2) is 4.98 Å². The number of piperidine rings is 1. The molecule has 0 amide bonds. The number of likely N-dealkylation sites (N-methyl/N-ethyl adjacent to an activating group) is 1. The molecule has 2 fully saturated rings. The Morgan fingerprint density at radius 2 is 1.92 bits per heavy atom. The number of hydrogen-bond donors (Lipinski definition) is 0. The van der Waals surface area contributed by atoms with Gasteiger partial charge in [-0.2, -0.15) is 5.26 Å². The van der Waals surface area contributed by atoms with Crippen molar-refractivity contribution in [1.29, 1.82) is 5.26 Å². The highest BCUT2D eigenvalue weighted by Gasteiger charge is 2.25. The minimum absolute atomic E-state index is 0.708. The van der Waals surface area contributed by atoms with Crippen LogP contribution in [0.3, 0.4) is 0 Å². The van der Waals surface area contributed by atoms with Gasteiger partial charge in [-0.15, -0.1) is 0 Å². The second-order valence-corrected chi connectivity index (χ2v) is 7.57. The highest BCUT2D eigenvalue weighted by Crippen LogP contribution is 2.24. The Bertz CT molecular complexity index is 804. The van der Waals surface area contributed by atoms with Gasteiger partial charge in [-0.05, 0) is 38.6 Å². The van der Waals surface area contributed by atoms with Crippen molar-refractivity contribution in [2.24, 2.45) is 0 Å². The molecule has 1 aromatic heterocycles. The predicted molar refractivity (Wildman–Crippen MR) is 105 cm³/mol. The van der Waals surface area contributed by atoms with Crippen LogP contribution in [-0.2, 0) is 0 Å². The van der Waals surface area contributed by atoms with E-state index in [0.717, 1.165) is 48.5 Å². The van der Waals surface area contributed by atoms with E-state index in [1.165, 1.54) is 32.4 Å². The van der Waals surface area contributed by atoms with E-state index in [2.05, 4.69) is 27.8 Å². The first-order valence-electron chi connectivity index (χ1n) is 9.72. The highest BCUT2D eigenvalue weighted by atomic mass is 15.3. The van der Waals surface area contributed by atoms with Crippen molar-refractivity contribution in [3.63, 3.8) is 0 Å². The van der Waals surface area contributed by atoms with E-state index in [1.54, 1.807) is 0 Å². The molecule has 0 spiro atoms. The van der Waals surface area contributed by atoms with Crippen LogP contribution in [0.4, 0.5) is 5.82 Å². The van der Waals surface area contributed by atoms with E-state index in [-0.39, 0.29) is 0 Å². The molecule has 0 N–H and O–H groups in total. The van der Waals surface area contributed by atoms with E-state index in [4.69, 9.17) is 4.98 Å². The number of benzene rings is 1. The quantitative estimate of drug-likeness (QED) is 0.853. The smallest absolute Gasteiger partial charge is 0.130 e. The molecule has 1 aromatic carbocycles. The van der Waals surface area contributed by atoms with Crippen LogP contribution in [0.5, 0.6) is 0 Å². The molecular formula is C21H27N5. The minimum Gasteiger partial charge on any atom is -0.354 e. The van der Waals surface area contributed by atoms with Gasteiger partial charge in [0.2, 0.25) is 0 Å². The summed E-state index contributed by atoms with van der Waals surface area (Å²) in [6, 6.07) is 12.9. The van der Waals surface area contributed by atoms with Gasteiger partial charge in [0, 0.05) is 44.2 Å². The van der Waals surface area contributed by atoms with Crippen LogP contribution in [-0.4, -0.2) is 67.1 Å². The Hall–Kier alpha value is -2.16. The first-order valence-corrected chi connectivity index (χ1v) is 9.72. The van der Waals surface area contributed by atoms with E-state index in [0.29, 0.717) is 6.04 Å². The molecule has 3 heterocycles. The van der Waals surface area contributed by atoms with Crippen molar-refractivity contribution in [2.75, 3.05) is 51.2 Å². The average Bonchev–Trinajstić information content (AvgIpc) is 2.69. The van der Waals surface area contributed by atoms with E-state index < -0.39 is 0 Å². The number of pyridine rings is 1. The number of aromatic nitrogens is 1. The van der Waals surface area contributed by atoms with E-state index >= 15 is 0 Å². The number of likely N-dealkylation sites (tertiary alicyclic amines) is 1. The molecule has 2 aromatic rings. The number of piperazine rings is 1. The lowest BCUT2D eigenvalue weighted by molar-refractivity contribution is 0.124. The zero-order chi connectivity index (χ0) is 17.9. The maximum atomic E-state index is 9.50. The molecule has 1 atom stereocenters. The summed E-state index contributed by atoms with van der Waals surface area (Å²) in [4.78, 5) is 12.3. The van der Waals surface area contributed by atoms with Gasteiger partial charge in [0.15, 0.2) is 0 Å². The number of nitriles is 1. The van der Waals surface area contributed by atoms with Crippen molar-refractivity contribution in [1.82, 2.24) is 14.8 Å². The number of hydrogen-bond acceptors (Lipinski definition) is 5. The summed E-state index contributed by atoms with van der Waals surface area (Å²) >= 11 is 0. The van der Waals surface area contributed by atoms with Crippen molar-refractivity contribution < 1.29 is 0 Å². The van der Waals surface area contributed by atoms with Gasteiger partial charge >= 0.3 is 0 Å². The SMILES string of the molecule is CN1CCCC[C@H]1CN1CCN(c2cc(C#N)c3ccccc3n2)CC1. The first kappa shape index (κ1) is 17.3. The number of nitrogens with zero attached hydrogens (tertiary/aromatic N) is 5. The zero-order valence-corrected chi connectivity index (χ0v) is 15.6. The number of para-hydroxylation sites is 1. The second kappa shape index (κ2) is 7.61. The molecule has 5 nitrogen and oxygen atoms in total. The van der Waals surface area contributed by atoms with E-state index in [1.807, 2.05) is 30.3 Å². The molecule has 0 aliphatic carbocycles. The van der Waals surface area contributed by atoms with Crippen LogP contribution < -0.4 is 4.90 Å². The van der Waals surface area contributed by atoms with Crippen molar-refractivity contribution in [2.45, 2.75) is 25.3 Å². The molecule has 26 heavy (non-hydrogen) atoms.